The smallest absolute Gasteiger partial charge is 0.292 e. The number of carbonyl (C=O) groups is 2. The lowest BCUT2D eigenvalue weighted by atomic mass is 10.2. The average Bonchev–Trinajstić information content (AvgIpc) is 2.69. The van der Waals surface area contributed by atoms with Crippen molar-refractivity contribution in [2.24, 2.45) is 0 Å². The Labute approximate surface area is 172 Å². The molecule has 0 bridgehead atoms. The fraction of sp³-hybridized carbons (Fsp3) is 0.368. The predicted octanol–water partition coefficient (Wildman–Crippen LogP) is 1.75. The Bertz CT molecular complexity index is 982. The van der Waals surface area contributed by atoms with Gasteiger partial charge in [0.2, 0.25) is 11.8 Å². The van der Waals surface area contributed by atoms with Crippen molar-refractivity contribution in [1.82, 2.24) is 9.78 Å². The van der Waals surface area contributed by atoms with Crippen LogP contribution in [0.15, 0.2) is 34.1 Å². The molecule has 29 heavy (non-hydrogen) atoms. The van der Waals surface area contributed by atoms with Gasteiger partial charge in [-0.25, -0.2) is 4.68 Å². The van der Waals surface area contributed by atoms with Crippen molar-refractivity contribution in [3.8, 4) is 11.5 Å². The Balaban J connectivity index is 1.85. The van der Waals surface area contributed by atoms with E-state index in [-0.39, 0.29) is 29.9 Å². The van der Waals surface area contributed by atoms with Crippen molar-refractivity contribution >= 4 is 35.0 Å². The molecule has 0 atom stereocenters. The fourth-order valence-corrected chi connectivity index (χ4v) is 3.86. The molecule has 0 radical (unpaired) electrons. The van der Waals surface area contributed by atoms with Gasteiger partial charge >= 0.3 is 0 Å². The van der Waals surface area contributed by atoms with Crippen LogP contribution < -0.4 is 25.2 Å². The summed E-state index contributed by atoms with van der Waals surface area (Å²) in [6.07, 6.45) is 1.52. The minimum atomic E-state index is -0.477. The van der Waals surface area contributed by atoms with Gasteiger partial charge in [-0.1, -0.05) is 0 Å². The van der Waals surface area contributed by atoms with Gasteiger partial charge in [0, 0.05) is 29.9 Å². The Kier molecular flexibility index (Phi) is 6.12. The van der Waals surface area contributed by atoms with Gasteiger partial charge in [-0.3, -0.25) is 14.4 Å². The zero-order valence-electron chi connectivity index (χ0n) is 16.6. The number of anilines is 2. The first-order valence-corrected chi connectivity index (χ1v) is 9.90. The van der Waals surface area contributed by atoms with Crippen LogP contribution in [0, 0.1) is 0 Å². The molecule has 1 N–H and O–H groups in total. The number of methoxy groups -OCH3 is 2. The number of benzene rings is 1. The molecular formula is C19H22N4O5S. The zero-order chi connectivity index (χ0) is 21.1. The van der Waals surface area contributed by atoms with E-state index in [1.54, 1.807) is 18.2 Å². The second-order valence-electron chi connectivity index (χ2n) is 6.62. The predicted molar refractivity (Wildman–Crippen MR) is 110 cm³/mol. The molecule has 0 fully saturated rings. The van der Waals surface area contributed by atoms with Crippen LogP contribution in [0.3, 0.4) is 0 Å². The van der Waals surface area contributed by atoms with Gasteiger partial charge in [-0.05, 0) is 13.8 Å². The third-order valence-corrected chi connectivity index (χ3v) is 5.29. The number of nitrogens with zero attached hydrogens (tertiary/aromatic N) is 3. The molecule has 1 aliphatic heterocycles. The summed E-state index contributed by atoms with van der Waals surface area (Å²) in [4.78, 5) is 39.8. The molecule has 3 rings (SSSR count). The quantitative estimate of drug-likeness (QED) is 0.762. The highest BCUT2D eigenvalue weighted by Gasteiger charge is 2.31. The Morgan fingerprint density at radius 1 is 1.21 bits per heavy atom. The summed E-state index contributed by atoms with van der Waals surface area (Å²) in [6.45, 7) is 3.38. The number of carbonyl (C=O) groups excluding carboxylic acids is 2. The minimum absolute atomic E-state index is 0.139. The molecular weight excluding hydrogens is 396 g/mol. The van der Waals surface area contributed by atoms with Crippen LogP contribution >= 0.6 is 11.8 Å². The number of hydrogen-bond acceptors (Lipinski definition) is 7. The minimum Gasteiger partial charge on any atom is -0.497 e. The van der Waals surface area contributed by atoms with E-state index in [9.17, 15) is 14.4 Å². The molecule has 9 nitrogen and oxygen atoms in total. The topological polar surface area (TPSA) is 103 Å². The maximum Gasteiger partial charge on any atom is 0.292 e. The van der Waals surface area contributed by atoms with E-state index in [4.69, 9.17) is 9.47 Å². The van der Waals surface area contributed by atoms with Gasteiger partial charge < -0.3 is 19.7 Å². The van der Waals surface area contributed by atoms with Gasteiger partial charge in [-0.15, -0.1) is 11.8 Å². The molecule has 1 aliphatic rings. The maximum absolute atomic E-state index is 12.9. The molecule has 0 aliphatic carbocycles. The van der Waals surface area contributed by atoms with Crippen LogP contribution in [-0.2, 0) is 16.1 Å². The van der Waals surface area contributed by atoms with Crippen molar-refractivity contribution in [1.29, 1.82) is 0 Å². The highest BCUT2D eigenvalue weighted by atomic mass is 32.2. The normalized spacial score (nSPS) is 13.3. The summed E-state index contributed by atoms with van der Waals surface area (Å²) in [7, 11) is 3.02. The molecule has 0 saturated carbocycles. The number of fused-ring (bicyclic) bond motifs is 1. The van der Waals surface area contributed by atoms with Crippen molar-refractivity contribution < 1.29 is 19.1 Å². The first-order valence-electron chi connectivity index (χ1n) is 8.92. The van der Waals surface area contributed by atoms with E-state index in [0.717, 1.165) is 4.68 Å². The number of aromatic nitrogens is 2. The molecule has 2 heterocycles. The van der Waals surface area contributed by atoms with Crippen LogP contribution in [0.4, 0.5) is 11.4 Å². The van der Waals surface area contributed by atoms with Gasteiger partial charge in [0.1, 0.15) is 23.7 Å². The number of ether oxygens (including phenoxy) is 2. The monoisotopic (exact) mass is 418 g/mol. The van der Waals surface area contributed by atoms with Crippen molar-refractivity contribution in [2.45, 2.75) is 31.3 Å². The fourth-order valence-electron chi connectivity index (χ4n) is 3.00. The zero-order valence-corrected chi connectivity index (χ0v) is 17.4. The molecule has 2 amide bonds. The third kappa shape index (κ3) is 4.37. The summed E-state index contributed by atoms with van der Waals surface area (Å²) in [5, 5.41) is 6.80. The largest absolute Gasteiger partial charge is 0.497 e. The summed E-state index contributed by atoms with van der Waals surface area (Å²) >= 11 is 1.28. The number of hydrogen-bond donors (Lipinski definition) is 1. The van der Waals surface area contributed by atoms with E-state index < -0.39 is 11.5 Å². The van der Waals surface area contributed by atoms with Gasteiger partial charge in [0.15, 0.2) is 0 Å². The summed E-state index contributed by atoms with van der Waals surface area (Å²) < 4.78 is 11.4. The highest BCUT2D eigenvalue weighted by Crippen LogP contribution is 2.33. The second-order valence-corrected chi connectivity index (χ2v) is 7.63. The van der Waals surface area contributed by atoms with Crippen LogP contribution in [0.25, 0.3) is 0 Å². The number of rotatable bonds is 6. The molecule has 0 saturated heterocycles. The molecule has 10 heteroatoms. The SMILES string of the molecule is COc1cc(NC(=O)Cn2ncc3c(c2=O)N(C(C)C)C(=O)CS3)cc(OC)c1. The number of thioether (sulfide) groups is 1. The molecule has 2 aromatic rings. The number of amides is 2. The van der Waals surface area contributed by atoms with Crippen LogP contribution in [0.2, 0.25) is 0 Å². The van der Waals surface area contributed by atoms with Gasteiger partial charge in [0.05, 0.1) is 31.1 Å². The van der Waals surface area contributed by atoms with Crippen molar-refractivity contribution in [3.05, 3.63) is 34.7 Å². The van der Waals surface area contributed by atoms with Crippen LogP contribution in [-0.4, -0.2) is 47.6 Å². The van der Waals surface area contributed by atoms with E-state index in [1.165, 1.54) is 37.1 Å². The van der Waals surface area contributed by atoms with E-state index >= 15 is 0 Å². The average molecular weight is 418 g/mol. The van der Waals surface area contributed by atoms with Crippen molar-refractivity contribution in [3.63, 3.8) is 0 Å². The summed E-state index contributed by atoms with van der Waals surface area (Å²) in [5.74, 6) is 0.716. The second kappa shape index (κ2) is 8.56. The lowest BCUT2D eigenvalue weighted by Crippen LogP contribution is -2.45. The van der Waals surface area contributed by atoms with E-state index in [0.29, 0.717) is 22.1 Å². The van der Waals surface area contributed by atoms with Crippen LogP contribution in [0.1, 0.15) is 13.8 Å². The lowest BCUT2D eigenvalue weighted by Gasteiger charge is -2.31. The van der Waals surface area contributed by atoms with Gasteiger partial charge in [0.25, 0.3) is 5.56 Å². The summed E-state index contributed by atoms with van der Waals surface area (Å²) in [6, 6.07) is 4.78. The maximum atomic E-state index is 12.9. The standard InChI is InChI=1S/C19H22N4O5S/c1-11(2)23-17(25)10-29-15-8-20-22(19(26)18(15)23)9-16(24)21-12-5-13(27-3)7-14(6-12)28-4/h5-8,11H,9-10H2,1-4H3,(H,21,24). The Hall–Kier alpha value is -3.01. The molecule has 0 spiro atoms. The molecule has 154 valence electrons. The first kappa shape index (κ1) is 20.7. The van der Waals surface area contributed by atoms with Crippen molar-refractivity contribution in [2.75, 3.05) is 30.2 Å². The van der Waals surface area contributed by atoms with Crippen LogP contribution in [0.5, 0.6) is 11.5 Å². The number of nitrogens with one attached hydrogen (secondary N) is 1. The van der Waals surface area contributed by atoms with Gasteiger partial charge in [-0.2, -0.15) is 5.10 Å². The Morgan fingerprint density at radius 2 is 1.86 bits per heavy atom. The lowest BCUT2D eigenvalue weighted by molar-refractivity contribution is -0.117. The van der Waals surface area contributed by atoms with E-state index in [2.05, 4.69) is 10.4 Å². The highest BCUT2D eigenvalue weighted by molar-refractivity contribution is 8.00. The molecule has 1 aromatic carbocycles. The third-order valence-electron chi connectivity index (χ3n) is 4.29. The molecule has 0 unspecified atom stereocenters. The first-order chi connectivity index (χ1) is 13.8. The van der Waals surface area contributed by atoms with E-state index in [1.807, 2.05) is 13.8 Å². The molecule has 1 aromatic heterocycles. The summed E-state index contributed by atoms with van der Waals surface area (Å²) in [5.41, 5.74) is 0.258. The Morgan fingerprint density at radius 3 is 2.45 bits per heavy atom.